The number of anilines is 3. The second-order valence-electron chi connectivity index (χ2n) is 9.56. The molecule has 3 N–H and O–H groups in total. The summed E-state index contributed by atoms with van der Waals surface area (Å²) in [7, 11) is -1.56. The molecule has 0 amide bonds. The van der Waals surface area contributed by atoms with Crippen molar-refractivity contribution in [2.45, 2.75) is 38.6 Å². The first-order chi connectivity index (χ1) is 16.1. The van der Waals surface area contributed by atoms with Crippen LogP contribution in [-0.4, -0.2) is 31.9 Å². The fourth-order valence-electron chi connectivity index (χ4n) is 3.63. The number of aromatic hydroxyl groups is 1. The summed E-state index contributed by atoms with van der Waals surface area (Å²) in [5.74, 6) is -1.17. The molecule has 3 aromatic rings. The minimum atomic E-state index is -4.12. The van der Waals surface area contributed by atoms with E-state index in [4.69, 9.17) is 11.6 Å². The summed E-state index contributed by atoms with van der Waals surface area (Å²) >= 11 is 6.03. The van der Waals surface area contributed by atoms with Crippen LogP contribution in [0.25, 0.3) is 0 Å². The normalized spacial score (nSPS) is 13.3. The SMILES string of the molecule is Cc1ccc(C(Nc2c(Nc3ccc(Cl)c(S(=O)(=O)N(C)C)c3O)c(=O)c2=O)C(C)(C)C)c(F)c1. The number of rotatable bonds is 7. The molecule has 1 unspecified atom stereocenters. The zero-order chi connectivity index (χ0) is 26.5. The number of hydrogen-bond donors (Lipinski definition) is 3. The van der Waals surface area contributed by atoms with Crippen LogP contribution in [0.15, 0.2) is 44.8 Å². The fourth-order valence-corrected chi connectivity index (χ4v) is 5.11. The smallest absolute Gasteiger partial charge is 0.253 e. The Hall–Kier alpha value is -2.95. The molecule has 0 saturated heterocycles. The van der Waals surface area contributed by atoms with Crippen LogP contribution in [0.1, 0.15) is 37.9 Å². The number of benzene rings is 2. The van der Waals surface area contributed by atoms with Crippen LogP contribution in [0.4, 0.5) is 21.5 Å². The number of halogens is 2. The Kier molecular flexibility index (Phi) is 7.05. The van der Waals surface area contributed by atoms with Gasteiger partial charge in [0.2, 0.25) is 10.0 Å². The summed E-state index contributed by atoms with van der Waals surface area (Å²) in [5, 5.41) is 16.1. The highest BCUT2D eigenvalue weighted by Gasteiger charge is 2.33. The van der Waals surface area contributed by atoms with Gasteiger partial charge in [0.1, 0.15) is 22.1 Å². The summed E-state index contributed by atoms with van der Waals surface area (Å²) < 4.78 is 40.9. The molecule has 35 heavy (non-hydrogen) atoms. The molecule has 188 valence electrons. The highest BCUT2D eigenvalue weighted by atomic mass is 35.5. The minimum Gasteiger partial charge on any atom is -0.504 e. The molecule has 8 nitrogen and oxygen atoms in total. The van der Waals surface area contributed by atoms with Gasteiger partial charge in [-0.2, -0.15) is 0 Å². The summed E-state index contributed by atoms with van der Waals surface area (Å²) in [4.78, 5) is 24.3. The molecule has 0 bridgehead atoms. The molecule has 0 saturated carbocycles. The van der Waals surface area contributed by atoms with Crippen molar-refractivity contribution in [3.8, 4) is 5.75 Å². The van der Waals surface area contributed by atoms with Crippen molar-refractivity contribution < 1.29 is 17.9 Å². The summed E-state index contributed by atoms with van der Waals surface area (Å²) in [6.45, 7) is 7.32. The number of phenols is 1. The van der Waals surface area contributed by atoms with E-state index in [0.29, 0.717) is 5.56 Å². The molecule has 0 aromatic heterocycles. The third-order valence-electron chi connectivity index (χ3n) is 5.61. The number of nitrogens with one attached hydrogen (secondary N) is 2. The molecule has 3 rings (SSSR count). The van der Waals surface area contributed by atoms with Gasteiger partial charge < -0.3 is 15.7 Å². The van der Waals surface area contributed by atoms with Crippen molar-refractivity contribution in [2.24, 2.45) is 5.41 Å². The van der Waals surface area contributed by atoms with Gasteiger partial charge in [-0.1, -0.05) is 44.5 Å². The summed E-state index contributed by atoms with van der Waals surface area (Å²) in [6, 6.07) is 6.60. The first-order valence-corrected chi connectivity index (χ1v) is 12.5. The Bertz CT molecular complexity index is 1470. The Morgan fingerprint density at radius 2 is 1.66 bits per heavy atom. The van der Waals surface area contributed by atoms with E-state index in [0.717, 1.165) is 9.87 Å². The maximum absolute atomic E-state index is 14.8. The molecule has 11 heteroatoms. The Morgan fingerprint density at radius 3 is 2.20 bits per heavy atom. The molecular formula is C24H27ClFN3O5S. The van der Waals surface area contributed by atoms with Crippen LogP contribution in [-0.2, 0) is 10.0 Å². The molecule has 3 aromatic carbocycles. The standard InChI is InChI=1S/C24H27ClFN3O5S/c1-12-7-8-13(15(26)11-12)23(24(2,3)4)28-18-17(20(31)21(18)32)27-16-10-9-14(25)22(19(16)30)35(33,34)29(5)6/h7-11,23,27-28,30H,1-6H3. The van der Waals surface area contributed by atoms with E-state index < -0.39 is 48.8 Å². The van der Waals surface area contributed by atoms with Crippen molar-refractivity contribution in [1.82, 2.24) is 4.31 Å². The van der Waals surface area contributed by atoms with Crippen molar-refractivity contribution in [1.29, 1.82) is 0 Å². The van der Waals surface area contributed by atoms with Gasteiger partial charge in [-0.15, -0.1) is 0 Å². The molecule has 0 fully saturated rings. The first kappa shape index (κ1) is 26.7. The second-order valence-corrected chi connectivity index (χ2v) is 12.1. The van der Waals surface area contributed by atoms with Crippen molar-refractivity contribution in [2.75, 3.05) is 24.7 Å². The molecule has 0 aliphatic heterocycles. The lowest BCUT2D eigenvalue weighted by molar-refractivity contribution is 0.339. The maximum Gasteiger partial charge on any atom is 0.253 e. The van der Waals surface area contributed by atoms with Crippen LogP contribution >= 0.6 is 11.6 Å². The van der Waals surface area contributed by atoms with Gasteiger partial charge in [0.15, 0.2) is 5.75 Å². The van der Waals surface area contributed by atoms with Gasteiger partial charge in [-0.3, -0.25) is 9.59 Å². The van der Waals surface area contributed by atoms with Crippen molar-refractivity contribution in [3.63, 3.8) is 0 Å². The summed E-state index contributed by atoms with van der Waals surface area (Å²) in [6.07, 6.45) is 0. The highest BCUT2D eigenvalue weighted by molar-refractivity contribution is 7.89. The largest absolute Gasteiger partial charge is 0.504 e. The lowest BCUT2D eigenvalue weighted by Crippen LogP contribution is -2.39. The number of hydrogen-bond acceptors (Lipinski definition) is 7. The lowest BCUT2D eigenvalue weighted by Gasteiger charge is -2.34. The zero-order valence-corrected chi connectivity index (χ0v) is 21.7. The van der Waals surface area contributed by atoms with Crippen LogP contribution in [0.5, 0.6) is 5.75 Å². The molecule has 0 aliphatic carbocycles. The van der Waals surface area contributed by atoms with E-state index in [2.05, 4.69) is 10.6 Å². The van der Waals surface area contributed by atoms with Crippen LogP contribution in [0.3, 0.4) is 0 Å². The van der Waals surface area contributed by atoms with E-state index in [-0.39, 0.29) is 22.1 Å². The van der Waals surface area contributed by atoms with Gasteiger partial charge >= 0.3 is 0 Å². The minimum absolute atomic E-state index is 0.0960. The van der Waals surface area contributed by atoms with Crippen molar-refractivity contribution in [3.05, 3.63) is 72.7 Å². The average Bonchev–Trinajstić information content (AvgIpc) is 2.74. The predicted molar refractivity (Wildman–Crippen MR) is 136 cm³/mol. The van der Waals surface area contributed by atoms with Gasteiger partial charge in [-0.05, 0) is 36.1 Å². The van der Waals surface area contributed by atoms with Gasteiger partial charge in [0.25, 0.3) is 10.9 Å². The first-order valence-electron chi connectivity index (χ1n) is 10.6. The van der Waals surface area contributed by atoms with Gasteiger partial charge in [0, 0.05) is 19.7 Å². The number of sulfonamides is 1. The quantitative estimate of drug-likeness (QED) is 0.312. The van der Waals surface area contributed by atoms with Crippen LogP contribution in [0.2, 0.25) is 5.02 Å². The monoisotopic (exact) mass is 523 g/mol. The molecule has 1 atom stereocenters. The van der Waals surface area contributed by atoms with E-state index in [1.54, 1.807) is 19.1 Å². The Labute approximate surface area is 208 Å². The maximum atomic E-state index is 14.8. The number of aryl methyl sites for hydroxylation is 1. The fraction of sp³-hybridized carbons (Fsp3) is 0.333. The summed E-state index contributed by atoms with van der Waals surface area (Å²) in [5.41, 5.74) is -1.61. The Balaban J connectivity index is 2.06. The third-order valence-corrected chi connectivity index (χ3v) is 7.93. The third kappa shape index (κ3) is 4.91. The topological polar surface area (TPSA) is 116 Å². The highest BCUT2D eigenvalue weighted by Crippen LogP contribution is 2.41. The van der Waals surface area contributed by atoms with Crippen LogP contribution in [0, 0.1) is 18.2 Å². The van der Waals surface area contributed by atoms with E-state index in [9.17, 15) is 27.5 Å². The molecule has 0 aliphatic rings. The lowest BCUT2D eigenvalue weighted by atomic mass is 9.81. The second kappa shape index (κ2) is 9.25. The van der Waals surface area contributed by atoms with Crippen LogP contribution < -0.4 is 21.5 Å². The Morgan fingerprint density at radius 1 is 1.06 bits per heavy atom. The number of phenolic OH excluding ortho intramolecular Hbond substituents is 1. The average molecular weight is 524 g/mol. The molecule has 0 spiro atoms. The number of nitrogens with zero attached hydrogens (tertiary/aromatic N) is 1. The molecule has 0 radical (unpaired) electrons. The molecular weight excluding hydrogens is 497 g/mol. The van der Waals surface area contributed by atoms with Gasteiger partial charge in [-0.25, -0.2) is 17.1 Å². The zero-order valence-electron chi connectivity index (χ0n) is 20.2. The predicted octanol–water partition coefficient (Wildman–Crippen LogP) is 4.28. The van der Waals surface area contributed by atoms with E-state index in [1.165, 1.54) is 32.3 Å². The van der Waals surface area contributed by atoms with Gasteiger partial charge in [0.05, 0.1) is 16.8 Å². The molecule has 0 heterocycles. The van der Waals surface area contributed by atoms with E-state index >= 15 is 0 Å². The van der Waals surface area contributed by atoms with E-state index in [1.807, 2.05) is 20.8 Å². The van der Waals surface area contributed by atoms with Crippen molar-refractivity contribution >= 4 is 38.7 Å².